The van der Waals surface area contributed by atoms with Crippen molar-refractivity contribution >= 4 is 22.8 Å². The van der Waals surface area contributed by atoms with E-state index >= 15 is 0 Å². The van der Waals surface area contributed by atoms with Gasteiger partial charge in [0.1, 0.15) is 11.4 Å². The zero-order chi connectivity index (χ0) is 19.7. The molecule has 3 aromatic heterocycles. The van der Waals surface area contributed by atoms with Gasteiger partial charge in [0, 0.05) is 51.4 Å². The van der Waals surface area contributed by atoms with Crippen LogP contribution in [0.1, 0.15) is 12.1 Å². The summed E-state index contributed by atoms with van der Waals surface area (Å²) in [5.74, 6) is 0.480. The summed E-state index contributed by atoms with van der Waals surface area (Å²) in [4.78, 5) is 20.8. The number of rotatable bonds is 4. The van der Waals surface area contributed by atoms with Crippen molar-refractivity contribution in [2.75, 3.05) is 32.7 Å². The number of ether oxygens (including phenoxy) is 2. The van der Waals surface area contributed by atoms with Crippen molar-refractivity contribution in [3.8, 4) is 11.3 Å². The molecule has 1 saturated heterocycles. The lowest BCUT2D eigenvalue weighted by molar-refractivity contribution is -0.0245. The predicted octanol–water partition coefficient (Wildman–Crippen LogP) is 2.65. The highest BCUT2D eigenvalue weighted by molar-refractivity contribution is 5.98. The molecule has 1 aliphatic heterocycles. The molecule has 1 unspecified atom stereocenters. The molecule has 4 rings (SSSR count). The van der Waals surface area contributed by atoms with Crippen molar-refractivity contribution in [2.45, 2.75) is 12.0 Å². The van der Waals surface area contributed by atoms with E-state index in [2.05, 4.69) is 15.6 Å². The molecule has 0 bridgehead atoms. The minimum atomic E-state index is -0.506. The molecule has 0 radical (unpaired) electrons. The molecule has 3 aromatic rings. The van der Waals surface area contributed by atoms with Gasteiger partial charge >= 0.3 is 6.03 Å². The highest BCUT2D eigenvalue weighted by Gasteiger charge is 2.38. The number of aryl methyl sites for hydroxylation is 1. The van der Waals surface area contributed by atoms with Gasteiger partial charge in [-0.25, -0.2) is 14.8 Å². The van der Waals surface area contributed by atoms with E-state index in [1.54, 1.807) is 20.4 Å². The molecule has 2 N–H and O–H groups in total. The van der Waals surface area contributed by atoms with Gasteiger partial charge in [-0.1, -0.05) is 6.07 Å². The SMILES string of the molecule is CNC(=O)Nc1cc2c(-c3cccc(C4(OC)CCOC4)n3)cn(C)c2cn1. The van der Waals surface area contributed by atoms with Gasteiger partial charge < -0.3 is 19.4 Å². The monoisotopic (exact) mass is 381 g/mol. The topological polar surface area (TPSA) is 90.3 Å². The van der Waals surface area contributed by atoms with Crippen LogP contribution in [0.25, 0.3) is 22.2 Å². The fourth-order valence-electron chi connectivity index (χ4n) is 3.58. The highest BCUT2D eigenvalue weighted by atomic mass is 16.5. The van der Waals surface area contributed by atoms with E-state index in [1.807, 2.05) is 42.1 Å². The number of amides is 2. The lowest BCUT2D eigenvalue weighted by atomic mass is 9.97. The van der Waals surface area contributed by atoms with E-state index in [0.717, 1.165) is 34.3 Å². The van der Waals surface area contributed by atoms with Gasteiger partial charge in [-0.3, -0.25) is 5.32 Å². The van der Waals surface area contributed by atoms with Crippen LogP contribution < -0.4 is 10.6 Å². The Labute approximate surface area is 162 Å². The first-order valence-electron chi connectivity index (χ1n) is 9.11. The third-order valence-corrected chi connectivity index (χ3v) is 5.21. The van der Waals surface area contributed by atoms with E-state index in [-0.39, 0.29) is 6.03 Å². The summed E-state index contributed by atoms with van der Waals surface area (Å²) in [7, 11) is 5.23. The Hall–Kier alpha value is -2.97. The molecule has 0 spiro atoms. The number of urea groups is 1. The summed E-state index contributed by atoms with van der Waals surface area (Å²) in [6.07, 6.45) is 4.54. The molecule has 1 aliphatic rings. The van der Waals surface area contributed by atoms with E-state index < -0.39 is 5.60 Å². The van der Waals surface area contributed by atoms with Gasteiger partial charge in [0.2, 0.25) is 0 Å². The second kappa shape index (κ2) is 7.21. The van der Waals surface area contributed by atoms with Crippen LogP contribution in [0.15, 0.2) is 36.7 Å². The van der Waals surface area contributed by atoms with Crippen molar-refractivity contribution in [2.24, 2.45) is 7.05 Å². The van der Waals surface area contributed by atoms with Gasteiger partial charge in [0.25, 0.3) is 0 Å². The predicted molar refractivity (Wildman–Crippen MR) is 106 cm³/mol. The van der Waals surface area contributed by atoms with Crippen LogP contribution in [0.4, 0.5) is 10.6 Å². The number of aromatic nitrogens is 3. The largest absolute Gasteiger partial charge is 0.378 e. The summed E-state index contributed by atoms with van der Waals surface area (Å²) >= 11 is 0. The summed E-state index contributed by atoms with van der Waals surface area (Å²) in [6.45, 7) is 1.16. The second-order valence-electron chi connectivity index (χ2n) is 6.85. The third kappa shape index (κ3) is 3.10. The average molecular weight is 381 g/mol. The Morgan fingerprint density at radius 1 is 1.39 bits per heavy atom. The summed E-state index contributed by atoms with van der Waals surface area (Å²) in [6, 6.07) is 7.49. The quantitative estimate of drug-likeness (QED) is 0.725. The normalized spacial score (nSPS) is 19.1. The molecular weight excluding hydrogens is 358 g/mol. The van der Waals surface area contributed by atoms with Crippen LogP contribution in [0.3, 0.4) is 0 Å². The molecule has 28 heavy (non-hydrogen) atoms. The Kier molecular flexibility index (Phi) is 4.74. The number of methoxy groups -OCH3 is 1. The number of hydrogen-bond donors (Lipinski definition) is 2. The van der Waals surface area contributed by atoms with Gasteiger partial charge in [-0.15, -0.1) is 0 Å². The fraction of sp³-hybridized carbons (Fsp3) is 0.350. The van der Waals surface area contributed by atoms with Crippen LogP contribution in [0.5, 0.6) is 0 Å². The fourth-order valence-corrected chi connectivity index (χ4v) is 3.58. The maximum atomic E-state index is 11.6. The number of nitrogens with zero attached hydrogens (tertiary/aromatic N) is 3. The number of anilines is 1. The first-order valence-corrected chi connectivity index (χ1v) is 9.11. The summed E-state index contributed by atoms with van der Waals surface area (Å²) < 4.78 is 13.4. The highest BCUT2D eigenvalue weighted by Crippen LogP contribution is 2.35. The van der Waals surface area contributed by atoms with Gasteiger partial charge in [-0.2, -0.15) is 0 Å². The number of hydrogen-bond acceptors (Lipinski definition) is 5. The van der Waals surface area contributed by atoms with Crippen LogP contribution >= 0.6 is 0 Å². The number of carbonyl (C=O) groups is 1. The van der Waals surface area contributed by atoms with Gasteiger partial charge in [0.15, 0.2) is 0 Å². The van der Waals surface area contributed by atoms with E-state index in [4.69, 9.17) is 14.5 Å². The van der Waals surface area contributed by atoms with Crippen molar-refractivity contribution in [3.63, 3.8) is 0 Å². The molecule has 1 atom stereocenters. The van der Waals surface area contributed by atoms with E-state index in [1.165, 1.54) is 0 Å². The van der Waals surface area contributed by atoms with E-state index in [9.17, 15) is 4.79 Å². The zero-order valence-electron chi connectivity index (χ0n) is 16.2. The molecule has 0 aliphatic carbocycles. The van der Waals surface area contributed by atoms with Crippen molar-refractivity contribution in [3.05, 3.63) is 42.4 Å². The number of fused-ring (bicyclic) bond motifs is 1. The Morgan fingerprint density at radius 2 is 2.25 bits per heavy atom. The Balaban J connectivity index is 1.79. The lowest BCUT2D eigenvalue weighted by Crippen LogP contribution is -2.30. The average Bonchev–Trinajstić information content (AvgIpc) is 3.34. The van der Waals surface area contributed by atoms with Crippen LogP contribution in [0.2, 0.25) is 0 Å². The minimum absolute atomic E-state index is 0.312. The molecular formula is C20H23N5O3. The molecule has 8 nitrogen and oxygen atoms in total. The minimum Gasteiger partial charge on any atom is -0.378 e. The number of pyridine rings is 2. The number of carbonyl (C=O) groups excluding carboxylic acids is 1. The first kappa shape index (κ1) is 18.4. The van der Waals surface area contributed by atoms with Crippen LogP contribution in [0, 0.1) is 0 Å². The van der Waals surface area contributed by atoms with Crippen molar-refractivity contribution in [1.29, 1.82) is 0 Å². The molecule has 2 amide bonds. The van der Waals surface area contributed by atoms with E-state index in [0.29, 0.717) is 19.0 Å². The molecule has 8 heteroatoms. The van der Waals surface area contributed by atoms with Crippen molar-refractivity contribution < 1.29 is 14.3 Å². The molecule has 0 aromatic carbocycles. The van der Waals surface area contributed by atoms with Crippen molar-refractivity contribution in [1.82, 2.24) is 19.9 Å². The summed E-state index contributed by atoms with van der Waals surface area (Å²) in [5, 5.41) is 6.21. The molecule has 146 valence electrons. The molecule has 4 heterocycles. The van der Waals surface area contributed by atoms with Gasteiger partial charge in [-0.05, 0) is 18.2 Å². The molecule has 1 fully saturated rings. The first-order chi connectivity index (χ1) is 13.6. The maximum Gasteiger partial charge on any atom is 0.320 e. The summed E-state index contributed by atoms with van der Waals surface area (Å²) in [5.41, 5.74) is 3.11. The smallest absolute Gasteiger partial charge is 0.320 e. The zero-order valence-corrected chi connectivity index (χ0v) is 16.2. The standard InChI is InChI=1S/C20H23N5O3/c1-21-19(26)24-18-9-13-14(11-25(2)16(13)10-22-18)15-5-4-6-17(23-15)20(27-3)7-8-28-12-20/h4-6,9-11H,7-8,12H2,1-3H3,(H2,21,22,24,26). The second-order valence-corrected chi connectivity index (χ2v) is 6.85. The molecule has 0 saturated carbocycles. The lowest BCUT2D eigenvalue weighted by Gasteiger charge is -2.25. The Morgan fingerprint density at radius 3 is 2.96 bits per heavy atom. The van der Waals surface area contributed by atoms with Crippen LogP contribution in [-0.2, 0) is 22.1 Å². The third-order valence-electron chi connectivity index (χ3n) is 5.21. The number of nitrogens with one attached hydrogen (secondary N) is 2. The maximum absolute atomic E-state index is 11.6. The Bertz CT molecular complexity index is 1020. The van der Waals surface area contributed by atoms with Gasteiger partial charge in [0.05, 0.1) is 29.7 Å². The van der Waals surface area contributed by atoms with Crippen LogP contribution in [-0.4, -0.2) is 47.9 Å².